The van der Waals surface area contributed by atoms with Crippen molar-refractivity contribution in [3.8, 4) is 0 Å². The number of nitrogens with zero attached hydrogens (tertiary/aromatic N) is 2. The Balaban J connectivity index is 1.50. The van der Waals surface area contributed by atoms with Crippen molar-refractivity contribution in [2.24, 2.45) is 0 Å². The van der Waals surface area contributed by atoms with E-state index in [9.17, 15) is 14.0 Å². The van der Waals surface area contributed by atoms with Crippen LogP contribution in [0.2, 0.25) is 0 Å². The number of carbonyl (C=O) groups excluding carboxylic acids is 2. The third-order valence-electron chi connectivity index (χ3n) is 6.19. The van der Waals surface area contributed by atoms with Gasteiger partial charge in [-0.1, -0.05) is 60.7 Å². The van der Waals surface area contributed by atoms with Crippen LogP contribution < -0.4 is 5.32 Å². The summed E-state index contributed by atoms with van der Waals surface area (Å²) < 4.78 is 19.3. The van der Waals surface area contributed by atoms with Crippen molar-refractivity contribution in [1.29, 1.82) is 0 Å². The largest absolute Gasteiger partial charge is 0.383 e. The van der Waals surface area contributed by atoms with E-state index in [1.165, 1.54) is 24.1 Å². The lowest BCUT2D eigenvalue weighted by Crippen LogP contribution is -2.46. The molecule has 37 heavy (non-hydrogen) atoms. The van der Waals surface area contributed by atoms with E-state index in [-0.39, 0.29) is 31.3 Å². The number of hydrogen-bond acceptors (Lipinski definition) is 3. The Morgan fingerprint density at radius 1 is 0.919 bits per heavy atom. The lowest BCUT2D eigenvalue weighted by molar-refractivity contribution is -0.132. The van der Waals surface area contributed by atoms with Crippen LogP contribution >= 0.6 is 0 Å². The Kier molecular flexibility index (Phi) is 8.89. The van der Waals surface area contributed by atoms with Crippen LogP contribution in [0.15, 0.2) is 85.1 Å². The first kappa shape index (κ1) is 25.9. The fourth-order valence-electron chi connectivity index (χ4n) is 4.16. The van der Waals surface area contributed by atoms with Gasteiger partial charge in [-0.05, 0) is 35.7 Å². The number of fused-ring (bicyclic) bond motifs is 1. The van der Waals surface area contributed by atoms with E-state index < -0.39 is 11.8 Å². The number of carbonyl (C=O) groups is 2. The van der Waals surface area contributed by atoms with Crippen molar-refractivity contribution in [2.45, 2.75) is 13.0 Å². The van der Waals surface area contributed by atoms with Crippen LogP contribution in [-0.2, 0) is 22.5 Å². The van der Waals surface area contributed by atoms with Crippen molar-refractivity contribution in [3.63, 3.8) is 0 Å². The number of rotatable bonds is 11. The Hall–Kier alpha value is -4.17. The lowest BCUT2D eigenvalue weighted by atomic mass is 10.1. The molecule has 0 spiro atoms. The van der Waals surface area contributed by atoms with Crippen LogP contribution in [0.25, 0.3) is 10.9 Å². The molecule has 0 aliphatic carbocycles. The minimum absolute atomic E-state index is 0.0582. The van der Waals surface area contributed by atoms with Gasteiger partial charge in [0, 0.05) is 43.8 Å². The molecule has 0 unspecified atom stereocenters. The highest BCUT2D eigenvalue weighted by molar-refractivity contribution is 5.92. The molecule has 1 heterocycles. The maximum Gasteiger partial charge on any atom is 0.322 e. The van der Waals surface area contributed by atoms with Gasteiger partial charge in [-0.3, -0.25) is 4.79 Å². The number of benzene rings is 3. The number of hydrogen-bond donors (Lipinski definition) is 2. The molecule has 0 aliphatic heterocycles. The van der Waals surface area contributed by atoms with Gasteiger partial charge in [-0.15, -0.1) is 0 Å². The highest BCUT2D eigenvalue weighted by Gasteiger charge is 2.22. The Labute approximate surface area is 215 Å². The molecule has 4 aromatic rings. The monoisotopic (exact) mass is 502 g/mol. The van der Waals surface area contributed by atoms with E-state index in [1.807, 2.05) is 54.7 Å². The van der Waals surface area contributed by atoms with E-state index in [0.717, 1.165) is 22.0 Å². The van der Waals surface area contributed by atoms with Crippen LogP contribution in [0.3, 0.4) is 0 Å². The summed E-state index contributed by atoms with van der Waals surface area (Å²) in [5, 5.41) is 3.69. The van der Waals surface area contributed by atoms with Crippen molar-refractivity contribution in [1.82, 2.24) is 14.8 Å². The minimum atomic E-state index is -0.563. The van der Waals surface area contributed by atoms with Gasteiger partial charge in [-0.2, -0.15) is 0 Å². The van der Waals surface area contributed by atoms with Gasteiger partial charge in [0.2, 0.25) is 5.91 Å². The second-order valence-corrected chi connectivity index (χ2v) is 8.73. The van der Waals surface area contributed by atoms with Crippen molar-refractivity contribution in [2.75, 3.05) is 38.7 Å². The van der Waals surface area contributed by atoms with Gasteiger partial charge in [0.05, 0.1) is 12.3 Å². The first-order valence-electron chi connectivity index (χ1n) is 12.2. The number of halogens is 1. The van der Waals surface area contributed by atoms with Crippen LogP contribution in [0, 0.1) is 5.82 Å². The summed E-state index contributed by atoms with van der Waals surface area (Å²) in [6.45, 7) is 1.15. The molecule has 7 nitrogen and oxygen atoms in total. The van der Waals surface area contributed by atoms with Gasteiger partial charge in [-0.25, -0.2) is 9.18 Å². The molecule has 2 N–H and O–H groups in total. The molecule has 0 aliphatic rings. The predicted octanol–water partition coefficient (Wildman–Crippen LogP) is 5.06. The zero-order chi connectivity index (χ0) is 26.0. The number of urea groups is 1. The molecule has 3 aromatic carbocycles. The summed E-state index contributed by atoms with van der Waals surface area (Å²) in [6, 6.07) is 23.2. The summed E-state index contributed by atoms with van der Waals surface area (Å²) in [6.07, 6.45) is 2.63. The molecular formula is C29H31FN4O3. The lowest BCUT2D eigenvalue weighted by Gasteiger charge is -2.28. The van der Waals surface area contributed by atoms with Gasteiger partial charge in [0.25, 0.3) is 0 Å². The van der Waals surface area contributed by atoms with E-state index in [2.05, 4.69) is 16.4 Å². The van der Waals surface area contributed by atoms with Crippen molar-refractivity contribution in [3.05, 3.63) is 102 Å². The standard InChI is InChI=1S/C29H31FN4O3/c1-37-18-17-34(29(36)32-27-14-8-6-12-25(27)30)21-28(35)33(20-22-9-3-2-4-10-22)16-15-23-19-31-26-13-7-5-11-24(23)26/h2-14,19,31H,15-18,20-21H2,1H3,(H,32,36). The average molecular weight is 503 g/mol. The second-order valence-electron chi connectivity index (χ2n) is 8.73. The molecule has 0 saturated carbocycles. The predicted molar refractivity (Wildman–Crippen MR) is 143 cm³/mol. The number of nitrogens with one attached hydrogen (secondary N) is 2. The molecular weight excluding hydrogens is 471 g/mol. The fourth-order valence-corrected chi connectivity index (χ4v) is 4.16. The van der Waals surface area contributed by atoms with Crippen LogP contribution in [0.5, 0.6) is 0 Å². The molecule has 0 bridgehead atoms. The molecule has 4 rings (SSSR count). The number of methoxy groups -OCH3 is 1. The number of aromatic nitrogens is 1. The molecule has 192 valence electrons. The Morgan fingerprint density at radius 2 is 1.65 bits per heavy atom. The summed E-state index contributed by atoms with van der Waals surface area (Å²) >= 11 is 0. The van der Waals surface area contributed by atoms with Crippen LogP contribution in [0.4, 0.5) is 14.9 Å². The molecule has 0 fully saturated rings. The van der Waals surface area contributed by atoms with Gasteiger partial charge >= 0.3 is 6.03 Å². The first-order chi connectivity index (χ1) is 18.0. The van der Waals surface area contributed by atoms with E-state index in [0.29, 0.717) is 19.5 Å². The molecule has 0 saturated heterocycles. The highest BCUT2D eigenvalue weighted by Crippen LogP contribution is 2.19. The van der Waals surface area contributed by atoms with Gasteiger partial charge in [0.15, 0.2) is 0 Å². The molecule has 0 atom stereocenters. The second kappa shape index (κ2) is 12.7. The summed E-state index contributed by atoms with van der Waals surface area (Å²) in [4.78, 5) is 32.9. The summed E-state index contributed by atoms with van der Waals surface area (Å²) in [5.74, 6) is -0.748. The molecule has 0 radical (unpaired) electrons. The van der Waals surface area contributed by atoms with Crippen molar-refractivity contribution < 1.29 is 18.7 Å². The molecule has 3 amide bonds. The summed E-state index contributed by atoms with van der Waals surface area (Å²) in [5.41, 5.74) is 3.22. The Bertz CT molecular complexity index is 1330. The zero-order valence-corrected chi connectivity index (χ0v) is 20.8. The SMILES string of the molecule is COCCN(CC(=O)N(CCc1c[nH]c2ccccc12)Cc1ccccc1)C(=O)Nc1ccccc1F. The van der Waals surface area contributed by atoms with Gasteiger partial charge in [0.1, 0.15) is 12.4 Å². The van der Waals surface area contributed by atoms with Crippen LogP contribution in [-0.4, -0.2) is 60.1 Å². The van der Waals surface area contributed by atoms with Gasteiger partial charge < -0.3 is 24.8 Å². The first-order valence-corrected chi connectivity index (χ1v) is 12.2. The maximum absolute atomic E-state index is 14.1. The third kappa shape index (κ3) is 6.95. The number of amides is 3. The third-order valence-corrected chi connectivity index (χ3v) is 6.19. The average Bonchev–Trinajstić information content (AvgIpc) is 3.33. The number of H-pyrrole nitrogens is 1. The Morgan fingerprint density at radius 3 is 2.43 bits per heavy atom. The number of anilines is 1. The minimum Gasteiger partial charge on any atom is -0.383 e. The van der Waals surface area contributed by atoms with Crippen LogP contribution in [0.1, 0.15) is 11.1 Å². The summed E-state index contributed by atoms with van der Waals surface area (Å²) in [7, 11) is 1.53. The molecule has 8 heteroatoms. The number of ether oxygens (including phenoxy) is 1. The van der Waals surface area contributed by atoms with E-state index in [4.69, 9.17) is 4.74 Å². The normalized spacial score (nSPS) is 10.9. The highest BCUT2D eigenvalue weighted by atomic mass is 19.1. The van der Waals surface area contributed by atoms with Crippen molar-refractivity contribution >= 4 is 28.5 Å². The quantitative estimate of drug-likeness (QED) is 0.301. The molecule has 1 aromatic heterocycles. The zero-order valence-electron chi connectivity index (χ0n) is 20.8. The number of aromatic amines is 1. The smallest absolute Gasteiger partial charge is 0.322 e. The topological polar surface area (TPSA) is 77.7 Å². The van der Waals surface area contributed by atoms with E-state index >= 15 is 0 Å². The maximum atomic E-state index is 14.1. The number of para-hydroxylation sites is 2. The fraction of sp³-hybridized carbons (Fsp3) is 0.241. The van der Waals surface area contributed by atoms with E-state index in [1.54, 1.807) is 17.0 Å².